The normalized spacial score (nSPS) is 10.1. The van der Waals surface area contributed by atoms with Crippen LogP contribution in [0.15, 0.2) is 5.10 Å². The van der Waals surface area contributed by atoms with Crippen LogP contribution >= 0.6 is 0 Å². The third-order valence-electron chi connectivity index (χ3n) is 2.03. The van der Waals surface area contributed by atoms with Crippen molar-refractivity contribution in [3.8, 4) is 0 Å². The summed E-state index contributed by atoms with van der Waals surface area (Å²) in [4.78, 5) is 11.6. The Labute approximate surface area is 87.0 Å². The summed E-state index contributed by atoms with van der Waals surface area (Å²) < 4.78 is 0. The van der Waals surface area contributed by atoms with Crippen LogP contribution in [0, 0.1) is 5.92 Å². The van der Waals surface area contributed by atoms with Crippen molar-refractivity contribution in [1.82, 2.24) is 5.43 Å². The van der Waals surface area contributed by atoms with Gasteiger partial charge in [-0.25, -0.2) is 5.43 Å². The average molecular weight is 198 g/mol. The lowest BCUT2D eigenvalue weighted by molar-refractivity contribution is -0.125. The Morgan fingerprint density at radius 2 is 1.71 bits per heavy atom. The second-order valence-electron chi connectivity index (χ2n) is 3.81. The molecule has 0 heterocycles. The first kappa shape index (κ1) is 13.1. The number of hydrogen-bond acceptors (Lipinski definition) is 2. The molecule has 0 fully saturated rings. The van der Waals surface area contributed by atoms with Gasteiger partial charge in [-0.3, -0.25) is 4.79 Å². The molecular weight excluding hydrogens is 176 g/mol. The molecule has 0 aromatic heterocycles. The van der Waals surface area contributed by atoms with Gasteiger partial charge in [0.2, 0.25) is 5.91 Å². The minimum Gasteiger partial charge on any atom is -0.273 e. The van der Waals surface area contributed by atoms with Gasteiger partial charge >= 0.3 is 0 Å². The lowest BCUT2D eigenvalue weighted by atomic mass is 9.98. The zero-order chi connectivity index (χ0) is 11.0. The third-order valence-corrected chi connectivity index (χ3v) is 2.03. The van der Waals surface area contributed by atoms with Crippen molar-refractivity contribution in [2.45, 2.75) is 53.4 Å². The Kier molecular flexibility index (Phi) is 7.07. The van der Waals surface area contributed by atoms with E-state index in [1.807, 2.05) is 13.8 Å². The molecule has 0 rings (SSSR count). The SMILES string of the molecule is CCCC(CCC)C(=O)NN=C(C)C. The second-order valence-corrected chi connectivity index (χ2v) is 3.81. The molecule has 0 aromatic rings. The molecule has 0 unspecified atom stereocenters. The summed E-state index contributed by atoms with van der Waals surface area (Å²) in [6.45, 7) is 7.94. The number of carbonyl (C=O) groups excluding carboxylic acids is 1. The van der Waals surface area contributed by atoms with E-state index in [9.17, 15) is 4.79 Å². The molecule has 0 aromatic carbocycles. The first-order valence-corrected chi connectivity index (χ1v) is 5.42. The van der Waals surface area contributed by atoms with Crippen LogP contribution in [0.3, 0.4) is 0 Å². The summed E-state index contributed by atoms with van der Waals surface area (Å²) in [5.74, 6) is 0.197. The maximum atomic E-state index is 11.6. The molecule has 0 aliphatic rings. The summed E-state index contributed by atoms with van der Waals surface area (Å²) in [7, 11) is 0. The van der Waals surface area contributed by atoms with E-state index >= 15 is 0 Å². The highest BCUT2D eigenvalue weighted by atomic mass is 16.2. The van der Waals surface area contributed by atoms with Gasteiger partial charge in [0, 0.05) is 11.6 Å². The molecule has 0 saturated carbocycles. The van der Waals surface area contributed by atoms with Crippen molar-refractivity contribution >= 4 is 11.6 Å². The van der Waals surface area contributed by atoms with Crippen LogP contribution in [0.25, 0.3) is 0 Å². The quantitative estimate of drug-likeness (QED) is 0.517. The minimum absolute atomic E-state index is 0.0647. The highest BCUT2D eigenvalue weighted by Crippen LogP contribution is 2.13. The molecule has 82 valence electrons. The van der Waals surface area contributed by atoms with Gasteiger partial charge in [0.15, 0.2) is 0 Å². The van der Waals surface area contributed by atoms with Crippen LogP contribution in [0.5, 0.6) is 0 Å². The molecule has 0 atom stereocenters. The van der Waals surface area contributed by atoms with E-state index in [0.717, 1.165) is 31.4 Å². The second kappa shape index (κ2) is 7.54. The fourth-order valence-corrected chi connectivity index (χ4v) is 1.36. The third kappa shape index (κ3) is 5.73. The molecular formula is C11H22N2O. The summed E-state index contributed by atoms with van der Waals surface area (Å²) in [6, 6.07) is 0. The fourth-order valence-electron chi connectivity index (χ4n) is 1.36. The number of hydrazone groups is 1. The Hall–Kier alpha value is -0.860. The van der Waals surface area contributed by atoms with Crippen LogP contribution in [-0.4, -0.2) is 11.6 Å². The highest BCUT2D eigenvalue weighted by Gasteiger charge is 2.15. The maximum Gasteiger partial charge on any atom is 0.243 e. The maximum absolute atomic E-state index is 11.6. The van der Waals surface area contributed by atoms with Crippen LogP contribution in [0.1, 0.15) is 53.4 Å². The predicted octanol–water partition coefficient (Wildman–Crippen LogP) is 2.71. The highest BCUT2D eigenvalue weighted by molar-refractivity contribution is 5.83. The standard InChI is InChI=1S/C11H22N2O/c1-5-7-10(8-6-2)11(14)13-12-9(3)4/h10H,5-8H2,1-4H3,(H,13,14). The largest absolute Gasteiger partial charge is 0.273 e. The van der Waals surface area contributed by atoms with Crippen LogP contribution in [0.4, 0.5) is 0 Å². The van der Waals surface area contributed by atoms with E-state index in [1.165, 1.54) is 0 Å². The number of nitrogens with one attached hydrogen (secondary N) is 1. The Balaban J connectivity index is 4.07. The van der Waals surface area contributed by atoms with E-state index < -0.39 is 0 Å². The van der Waals surface area contributed by atoms with Crippen molar-refractivity contribution in [3.63, 3.8) is 0 Å². The first-order chi connectivity index (χ1) is 6.61. The van der Waals surface area contributed by atoms with Crippen molar-refractivity contribution < 1.29 is 4.79 Å². The summed E-state index contributed by atoms with van der Waals surface area (Å²) in [5.41, 5.74) is 3.48. The number of carbonyl (C=O) groups is 1. The van der Waals surface area contributed by atoms with Crippen molar-refractivity contribution in [2.75, 3.05) is 0 Å². The molecule has 0 aliphatic carbocycles. The number of amides is 1. The van der Waals surface area contributed by atoms with Gasteiger partial charge in [-0.2, -0.15) is 5.10 Å². The molecule has 0 aliphatic heterocycles. The monoisotopic (exact) mass is 198 g/mol. The zero-order valence-corrected chi connectivity index (χ0v) is 9.76. The summed E-state index contributed by atoms with van der Waals surface area (Å²) in [6.07, 6.45) is 4.01. The van der Waals surface area contributed by atoms with Gasteiger partial charge in [-0.15, -0.1) is 0 Å². The lowest BCUT2D eigenvalue weighted by Crippen LogP contribution is -2.27. The van der Waals surface area contributed by atoms with E-state index in [1.54, 1.807) is 0 Å². The lowest BCUT2D eigenvalue weighted by Gasteiger charge is -2.12. The average Bonchev–Trinajstić information content (AvgIpc) is 2.14. The van der Waals surface area contributed by atoms with Crippen molar-refractivity contribution in [1.29, 1.82) is 0 Å². The summed E-state index contributed by atoms with van der Waals surface area (Å²) in [5, 5.41) is 3.93. The minimum atomic E-state index is 0.0647. The van der Waals surface area contributed by atoms with Gasteiger partial charge < -0.3 is 0 Å². The summed E-state index contributed by atoms with van der Waals surface area (Å²) >= 11 is 0. The molecule has 0 spiro atoms. The molecule has 3 nitrogen and oxygen atoms in total. The smallest absolute Gasteiger partial charge is 0.243 e. The Bertz CT molecular complexity index is 189. The van der Waals surface area contributed by atoms with E-state index in [0.29, 0.717) is 0 Å². The molecule has 1 N–H and O–H groups in total. The van der Waals surface area contributed by atoms with Crippen LogP contribution in [0.2, 0.25) is 0 Å². The van der Waals surface area contributed by atoms with E-state index in [-0.39, 0.29) is 11.8 Å². The number of nitrogens with zero attached hydrogens (tertiary/aromatic N) is 1. The van der Waals surface area contributed by atoms with Crippen LogP contribution in [-0.2, 0) is 4.79 Å². The Morgan fingerprint density at radius 1 is 1.21 bits per heavy atom. The Morgan fingerprint density at radius 3 is 2.07 bits per heavy atom. The van der Waals surface area contributed by atoms with Gasteiger partial charge in [0.1, 0.15) is 0 Å². The van der Waals surface area contributed by atoms with Crippen molar-refractivity contribution in [2.24, 2.45) is 11.0 Å². The zero-order valence-electron chi connectivity index (χ0n) is 9.76. The van der Waals surface area contributed by atoms with Crippen LogP contribution < -0.4 is 5.43 Å². The number of hydrogen-bond donors (Lipinski definition) is 1. The fraction of sp³-hybridized carbons (Fsp3) is 0.818. The molecule has 3 heteroatoms. The van der Waals surface area contributed by atoms with E-state index in [2.05, 4.69) is 24.4 Å². The van der Waals surface area contributed by atoms with Crippen molar-refractivity contribution in [3.05, 3.63) is 0 Å². The number of rotatable bonds is 6. The van der Waals surface area contributed by atoms with Gasteiger partial charge in [0.25, 0.3) is 0 Å². The molecule has 14 heavy (non-hydrogen) atoms. The molecule has 0 radical (unpaired) electrons. The van der Waals surface area contributed by atoms with Gasteiger partial charge in [0.05, 0.1) is 0 Å². The molecule has 0 bridgehead atoms. The van der Waals surface area contributed by atoms with Gasteiger partial charge in [-0.1, -0.05) is 26.7 Å². The topological polar surface area (TPSA) is 41.5 Å². The first-order valence-electron chi connectivity index (χ1n) is 5.42. The predicted molar refractivity (Wildman–Crippen MR) is 60.2 cm³/mol. The molecule has 0 saturated heterocycles. The van der Waals surface area contributed by atoms with E-state index in [4.69, 9.17) is 0 Å². The van der Waals surface area contributed by atoms with Gasteiger partial charge in [-0.05, 0) is 26.7 Å². The molecule has 1 amide bonds.